The third-order valence-corrected chi connectivity index (χ3v) is 4.07. The van der Waals surface area contributed by atoms with Gasteiger partial charge in [0.2, 0.25) is 17.7 Å². The number of aliphatic carboxylic acids is 2. The van der Waals surface area contributed by atoms with Gasteiger partial charge in [0.15, 0.2) is 5.96 Å². The molecular weight excluding hydrogens is 414 g/mol. The first-order chi connectivity index (χ1) is 14.3. The van der Waals surface area contributed by atoms with Crippen LogP contribution in [0.2, 0.25) is 0 Å². The van der Waals surface area contributed by atoms with Crippen LogP contribution in [-0.2, 0) is 24.0 Å². The number of aliphatic imine (C=N–C) groups is 1. The molecule has 31 heavy (non-hydrogen) atoms. The summed E-state index contributed by atoms with van der Waals surface area (Å²) in [5.41, 5.74) is 15.9. The highest BCUT2D eigenvalue weighted by Crippen LogP contribution is 2.00. The molecule has 0 saturated carbocycles. The lowest BCUT2D eigenvalue weighted by Gasteiger charge is -2.21. The average molecular weight is 445 g/mol. The van der Waals surface area contributed by atoms with Gasteiger partial charge in [-0.2, -0.15) is 0 Å². The van der Waals surface area contributed by atoms with Crippen LogP contribution in [0, 0.1) is 0 Å². The van der Waals surface area contributed by atoms with Crippen LogP contribution in [0.3, 0.4) is 0 Å². The Balaban J connectivity index is 4.62. The molecule has 0 saturated heterocycles. The summed E-state index contributed by atoms with van der Waals surface area (Å²) < 4.78 is 0. The Bertz CT molecular complexity index is 694. The molecule has 14 nitrogen and oxygen atoms in total. The van der Waals surface area contributed by atoms with E-state index in [1.807, 2.05) is 0 Å². The zero-order chi connectivity index (χ0) is 24.1. The molecule has 0 heterocycles. The van der Waals surface area contributed by atoms with Crippen molar-refractivity contribution in [2.24, 2.45) is 22.2 Å². The van der Waals surface area contributed by atoms with Crippen molar-refractivity contribution in [2.45, 2.75) is 63.7 Å². The quantitative estimate of drug-likeness (QED) is 0.0755. The van der Waals surface area contributed by atoms with E-state index in [1.165, 1.54) is 13.8 Å². The molecule has 4 atom stereocenters. The number of rotatable bonds is 14. The van der Waals surface area contributed by atoms with Gasteiger partial charge in [-0.3, -0.25) is 24.2 Å². The molecule has 0 aliphatic rings. The first-order valence-electron chi connectivity index (χ1n) is 9.51. The van der Waals surface area contributed by atoms with E-state index in [4.69, 9.17) is 22.3 Å². The Kier molecular flexibility index (Phi) is 12.2. The third kappa shape index (κ3) is 12.0. The van der Waals surface area contributed by atoms with Crippen LogP contribution < -0.4 is 33.2 Å². The molecule has 0 aromatic rings. The monoisotopic (exact) mass is 445 g/mol. The number of hydrogen-bond acceptors (Lipinski definition) is 7. The van der Waals surface area contributed by atoms with Crippen LogP contribution >= 0.6 is 0 Å². The number of amides is 3. The molecule has 176 valence electrons. The molecule has 0 aliphatic carbocycles. The van der Waals surface area contributed by atoms with E-state index < -0.39 is 53.8 Å². The van der Waals surface area contributed by atoms with Crippen molar-refractivity contribution < 1.29 is 34.2 Å². The van der Waals surface area contributed by atoms with Crippen molar-refractivity contribution in [1.29, 1.82) is 0 Å². The normalized spacial score (nSPS) is 14.3. The molecule has 0 spiro atoms. The van der Waals surface area contributed by atoms with Gasteiger partial charge < -0.3 is 43.4 Å². The lowest BCUT2D eigenvalue weighted by molar-refractivity contribution is -0.142. The van der Waals surface area contributed by atoms with Gasteiger partial charge in [0, 0.05) is 13.0 Å². The van der Waals surface area contributed by atoms with Gasteiger partial charge in [0.25, 0.3) is 0 Å². The van der Waals surface area contributed by atoms with Crippen molar-refractivity contribution in [1.82, 2.24) is 16.0 Å². The molecular formula is C17H31N7O7. The first-order valence-corrected chi connectivity index (χ1v) is 9.51. The zero-order valence-corrected chi connectivity index (χ0v) is 17.5. The Labute approximate surface area is 179 Å². The molecule has 0 fully saturated rings. The predicted molar refractivity (Wildman–Crippen MR) is 110 cm³/mol. The maximum absolute atomic E-state index is 12.2. The summed E-state index contributed by atoms with van der Waals surface area (Å²) in [5, 5.41) is 24.8. The fourth-order valence-corrected chi connectivity index (χ4v) is 2.26. The van der Waals surface area contributed by atoms with Crippen molar-refractivity contribution in [3.8, 4) is 0 Å². The van der Waals surface area contributed by atoms with E-state index in [1.54, 1.807) is 0 Å². The topological polar surface area (TPSA) is 252 Å². The van der Waals surface area contributed by atoms with Gasteiger partial charge in [-0.25, -0.2) is 4.79 Å². The second-order valence-corrected chi connectivity index (χ2v) is 6.85. The number of nitrogens with one attached hydrogen (secondary N) is 3. The number of carbonyl (C=O) groups is 5. The fourth-order valence-electron chi connectivity index (χ4n) is 2.26. The van der Waals surface area contributed by atoms with E-state index in [2.05, 4.69) is 20.9 Å². The summed E-state index contributed by atoms with van der Waals surface area (Å²) in [6.07, 6.45) is -0.0303. The highest BCUT2D eigenvalue weighted by Gasteiger charge is 2.26. The minimum atomic E-state index is -1.26. The lowest BCUT2D eigenvalue weighted by Crippen LogP contribution is -2.55. The molecule has 3 amide bonds. The van der Waals surface area contributed by atoms with Gasteiger partial charge in [0.05, 0.1) is 6.04 Å². The standard InChI is InChI=1S/C17H31N7O7/c1-8(23-15(29)10(18)5-6-12(25)26)13(27)22-9(2)14(28)24-11(16(30)31)4-3-7-21-17(19)20/h8-11H,3-7,18H2,1-2H3,(H,22,27)(H,23,29)(H,24,28)(H,25,26)(H,30,31)(H4,19,20,21). The number of hydrogen-bond donors (Lipinski definition) is 8. The van der Waals surface area contributed by atoms with Gasteiger partial charge in [0.1, 0.15) is 18.1 Å². The van der Waals surface area contributed by atoms with Crippen LogP contribution in [0.25, 0.3) is 0 Å². The summed E-state index contributed by atoms with van der Waals surface area (Å²) in [6, 6.07) is -4.46. The van der Waals surface area contributed by atoms with Gasteiger partial charge in [-0.15, -0.1) is 0 Å². The number of carbonyl (C=O) groups excluding carboxylic acids is 3. The zero-order valence-electron chi connectivity index (χ0n) is 17.5. The van der Waals surface area contributed by atoms with E-state index in [0.717, 1.165) is 0 Å². The highest BCUT2D eigenvalue weighted by molar-refractivity contribution is 5.93. The van der Waals surface area contributed by atoms with Crippen LogP contribution in [-0.4, -0.2) is 76.5 Å². The minimum Gasteiger partial charge on any atom is -0.481 e. The van der Waals surface area contributed by atoms with Crippen molar-refractivity contribution in [3.63, 3.8) is 0 Å². The van der Waals surface area contributed by atoms with Gasteiger partial charge >= 0.3 is 11.9 Å². The molecule has 0 rings (SSSR count). The molecule has 0 aliphatic heterocycles. The maximum atomic E-state index is 12.2. The van der Waals surface area contributed by atoms with Crippen molar-refractivity contribution in [2.75, 3.05) is 6.54 Å². The smallest absolute Gasteiger partial charge is 0.326 e. The number of carboxylic acids is 2. The molecule has 0 radical (unpaired) electrons. The summed E-state index contributed by atoms with van der Waals surface area (Å²) >= 11 is 0. The van der Waals surface area contributed by atoms with Crippen molar-refractivity contribution in [3.05, 3.63) is 0 Å². The molecule has 4 unspecified atom stereocenters. The Morgan fingerprint density at radius 1 is 0.871 bits per heavy atom. The van der Waals surface area contributed by atoms with Crippen molar-refractivity contribution >= 4 is 35.6 Å². The van der Waals surface area contributed by atoms with E-state index in [9.17, 15) is 29.1 Å². The number of carboxylic acid groups (broad SMARTS) is 2. The molecule has 14 heteroatoms. The number of nitrogens with zero attached hydrogens (tertiary/aromatic N) is 1. The molecule has 0 bridgehead atoms. The van der Waals surface area contributed by atoms with E-state index in [0.29, 0.717) is 6.42 Å². The Morgan fingerprint density at radius 2 is 1.39 bits per heavy atom. The third-order valence-electron chi connectivity index (χ3n) is 4.07. The summed E-state index contributed by atoms with van der Waals surface area (Å²) in [5.74, 6) is -4.65. The average Bonchev–Trinajstić information content (AvgIpc) is 2.67. The minimum absolute atomic E-state index is 0.0687. The van der Waals surface area contributed by atoms with Gasteiger partial charge in [-0.05, 0) is 33.1 Å². The molecule has 11 N–H and O–H groups in total. The highest BCUT2D eigenvalue weighted by atomic mass is 16.4. The summed E-state index contributed by atoms with van der Waals surface area (Å²) in [4.78, 5) is 61.9. The van der Waals surface area contributed by atoms with Crippen LogP contribution in [0.1, 0.15) is 39.5 Å². The maximum Gasteiger partial charge on any atom is 0.326 e. The predicted octanol–water partition coefficient (Wildman–Crippen LogP) is -3.19. The summed E-state index contributed by atoms with van der Waals surface area (Å²) in [7, 11) is 0. The number of nitrogens with two attached hydrogens (primary N) is 3. The summed E-state index contributed by atoms with van der Waals surface area (Å²) in [6.45, 7) is 2.89. The molecule has 0 aromatic heterocycles. The fraction of sp³-hybridized carbons (Fsp3) is 0.647. The van der Waals surface area contributed by atoms with Crippen LogP contribution in [0.5, 0.6) is 0 Å². The number of guanidine groups is 1. The second kappa shape index (κ2) is 13.7. The van der Waals surface area contributed by atoms with Crippen LogP contribution in [0.4, 0.5) is 0 Å². The second-order valence-electron chi connectivity index (χ2n) is 6.85. The first kappa shape index (κ1) is 27.6. The Hall–Kier alpha value is -3.42. The largest absolute Gasteiger partial charge is 0.481 e. The SMILES string of the molecule is CC(NC(=O)C(N)CCC(=O)O)C(=O)NC(C)C(=O)NC(CCCN=C(N)N)C(=O)O. The van der Waals surface area contributed by atoms with E-state index in [-0.39, 0.29) is 31.8 Å². The van der Waals surface area contributed by atoms with Crippen LogP contribution in [0.15, 0.2) is 4.99 Å². The lowest BCUT2D eigenvalue weighted by atomic mass is 10.1. The Morgan fingerprint density at radius 3 is 1.87 bits per heavy atom. The molecule has 0 aromatic carbocycles. The van der Waals surface area contributed by atoms with E-state index >= 15 is 0 Å². The van der Waals surface area contributed by atoms with Gasteiger partial charge in [-0.1, -0.05) is 0 Å².